The Bertz CT molecular complexity index is 1130. The third kappa shape index (κ3) is 8.03. The molecule has 0 aliphatic carbocycles. The number of benzene rings is 3. The van der Waals surface area contributed by atoms with Gasteiger partial charge in [0.25, 0.3) is 0 Å². The molecule has 2 N–H and O–H groups in total. The maximum absolute atomic E-state index is 13.9. The number of nitrogens with zero attached hydrogens (tertiary/aromatic N) is 1. The number of ether oxygens (including phenoxy) is 3. The number of amides is 1. The van der Waals surface area contributed by atoms with Crippen LogP contribution in [0.15, 0.2) is 66.7 Å². The molecule has 0 heterocycles. The maximum Gasteiger partial charge on any atom is 0.240 e. The second-order valence-corrected chi connectivity index (χ2v) is 10.3. The van der Waals surface area contributed by atoms with E-state index in [1.807, 2.05) is 84.0 Å². The van der Waals surface area contributed by atoms with Crippen molar-refractivity contribution in [2.75, 3.05) is 13.2 Å². The Hall–Kier alpha value is -2.93. The fourth-order valence-corrected chi connectivity index (χ4v) is 4.44. The van der Waals surface area contributed by atoms with Crippen LogP contribution in [0.5, 0.6) is 5.75 Å². The standard InChI is InChI=1S/C31H42N2O4/c1-7-35-30(36-8-2)22(3)33(21-25-14-11-13-24-12-9-10-15-27(24)25)29(34)28(32)20-23-16-18-26(19-17-23)37-31(4,5)6/h9-19,22,28,30H,7-8,20-21,32H2,1-6H3/t22-,28-/m0/s1. The highest BCUT2D eigenvalue weighted by Gasteiger charge is 2.32. The molecule has 0 aliphatic rings. The van der Waals surface area contributed by atoms with Crippen LogP contribution in [-0.4, -0.2) is 48.0 Å². The van der Waals surface area contributed by atoms with Crippen molar-refractivity contribution in [1.82, 2.24) is 4.90 Å². The van der Waals surface area contributed by atoms with Gasteiger partial charge in [0, 0.05) is 19.8 Å². The van der Waals surface area contributed by atoms with Crippen molar-refractivity contribution in [2.45, 2.75) is 78.5 Å². The van der Waals surface area contributed by atoms with Crippen LogP contribution >= 0.6 is 0 Å². The molecule has 1 amide bonds. The lowest BCUT2D eigenvalue weighted by Gasteiger charge is -2.36. The van der Waals surface area contributed by atoms with Crippen molar-refractivity contribution in [2.24, 2.45) is 5.73 Å². The van der Waals surface area contributed by atoms with E-state index in [-0.39, 0.29) is 17.6 Å². The lowest BCUT2D eigenvalue weighted by atomic mass is 10.0. The number of fused-ring (bicyclic) bond motifs is 1. The first kappa shape index (κ1) is 28.6. The number of nitrogens with two attached hydrogens (primary N) is 1. The van der Waals surface area contributed by atoms with E-state index >= 15 is 0 Å². The number of rotatable bonds is 12. The van der Waals surface area contributed by atoms with Gasteiger partial charge in [-0.25, -0.2) is 0 Å². The van der Waals surface area contributed by atoms with Gasteiger partial charge in [-0.3, -0.25) is 4.79 Å². The highest BCUT2D eigenvalue weighted by molar-refractivity contribution is 5.87. The fourth-order valence-electron chi connectivity index (χ4n) is 4.44. The lowest BCUT2D eigenvalue weighted by Crippen LogP contribution is -2.52. The summed E-state index contributed by atoms with van der Waals surface area (Å²) in [6.07, 6.45) is -0.128. The van der Waals surface area contributed by atoms with E-state index in [4.69, 9.17) is 19.9 Å². The summed E-state index contributed by atoms with van der Waals surface area (Å²) in [5, 5.41) is 2.25. The molecule has 0 saturated heterocycles. The molecule has 3 rings (SSSR count). The predicted octanol–water partition coefficient (Wildman–Crippen LogP) is 5.70. The molecule has 3 aromatic rings. The summed E-state index contributed by atoms with van der Waals surface area (Å²) < 4.78 is 17.7. The highest BCUT2D eigenvalue weighted by Crippen LogP contribution is 2.24. The summed E-state index contributed by atoms with van der Waals surface area (Å²) in [6.45, 7) is 13.2. The van der Waals surface area contributed by atoms with Crippen LogP contribution in [-0.2, 0) is 27.2 Å². The zero-order valence-electron chi connectivity index (χ0n) is 23.1. The van der Waals surface area contributed by atoms with Gasteiger partial charge in [0.1, 0.15) is 11.4 Å². The number of hydrogen-bond donors (Lipinski definition) is 1. The van der Waals surface area contributed by atoms with Gasteiger partial charge in [-0.15, -0.1) is 0 Å². The van der Waals surface area contributed by atoms with Gasteiger partial charge >= 0.3 is 0 Å². The molecule has 3 aromatic carbocycles. The zero-order valence-corrected chi connectivity index (χ0v) is 23.1. The lowest BCUT2D eigenvalue weighted by molar-refractivity contribution is -0.179. The molecule has 0 aromatic heterocycles. The van der Waals surface area contributed by atoms with Crippen LogP contribution in [0.4, 0.5) is 0 Å². The molecule has 0 fully saturated rings. The molecular formula is C31H42N2O4. The molecule has 2 atom stereocenters. The van der Waals surface area contributed by atoms with Crippen molar-refractivity contribution >= 4 is 16.7 Å². The van der Waals surface area contributed by atoms with Gasteiger partial charge in [-0.1, -0.05) is 54.6 Å². The number of carbonyl (C=O) groups is 1. The van der Waals surface area contributed by atoms with Crippen molar-refractivity contribution in [3.63, 3.8) is 0 Å². The average molecular weight is 507 g/mol. The second-order valence-electron chi connectivity index (χ2n) is 10.3. The zero-order chi connectivity index (χ0) is 27.0. The Morgan fingerprint density at radius 2 is 1.54 bits per heavy atom. The van der Waals surface area contributed by atoms with E-state index in [1.54, 1.807) is 4.90 Å². The van der Waals surface area contributed by atoms with Gasteiger partial charge < -0.3 is 24.8 Å². The normalized spacial score (nSPS) is 13.5. The molecule has 0 spiro atoms. The Kier molecular flexibility index (Phi) is 10.1. The summed E-state index contributed by atoms with van der Waals surface area (Å²) in [6, 6.07) is 21.1. The van der Waals surface area contributed by atoms with Crippen molar-refractivity contribution in [3.05, 3.63) is 77.9 Å². The van der Waals surface area contributed by atoms with Crippen LogP contribution in [0.3, 0.4) is 0 Å². The van der Waals surface area contributed by atoms with Crippen molar-refractivity contribution in [3.8, 4) is 5.75 Å². The Morgan fingerprint density at radius 1 is 0.919 bits per heavy atom. The van der Waals surface area contributed by atoms with Gasteiger partial charge in [0.05, 0.1) is 12.1 Å². The molecule has 0 radical (unpaired) electrons. The van der Waals surface area contributed by atoms with Crippen molar-refractivity contribution < 1.29 is 19.0 Å². The van der Waals surface area contributed by atoms with Gasteiger partial charge in [0.2, 0.25) is 5.91 Å². The smallest absolute Gasteiger partial charge is 0.240 e. The maximum atomic E-state index is 13.9. The molecule has 37 heavy (non-hydrogen) atoms. The van der Waals surface area contributed by atoms with Crippen LogP contribution < -0.4 is 10.5 Å². The van der Waals surface area contributed by atoms with E-state index in [2.05, 4.69) is 24.3 Å². The molecule has 0 bridgehead atoms. The minimum absolute atomic E-state index is 0.139. The van der Waals surface area contributed by atoms with Crippen LogP contribution in [0, 0.1) is 0 Å². The fraction of sp³-hybridized carbons (Fsp3) is 0.452. The Labute approximate surface area is 221 Å². The predicted molar refractivity (Wildman–Crippen MR) is 150 cm³/mol. The summed E-state index contributed by atoms with van der Waals surface area (Å²) >= 11 is 0. The van der Waals surface area contributed by atoms with E-state index in [9.17, 15) is 4.79 Å². The highest BCUT2D eigenvalue weighted by atomic mass is 16.7. The largest absolute Gasteiger partial charge is 0.488 e. The molecule has 6 heteroatoms. The first-order valence-corrected chi connectivity index (χ1v) is 13.2. The van der Waals surface area contributed by atoms with Crippen LogP contribution in [0.1, 0.15) is 52.7 Å². The molecule has 0 saturated carbocycles. The summed E-state index contributed by atoms with van der Waals surface area (Å²) in [5.41, 5.74) is 8.30. The molecular weight excluding hydrogens is 464 g/mol. The summed E-state index contributed by atoms with van der Waals surface area (Å²) in [4.78, 5) is 15.7. The molecule has 0 aliphatic heterocycles. The third-order valence-corrected chi connectivity index (χ3v) is 6.17. The quantitative estimate of drug-likeness (QED) is 0.319. The average Bonchev–Trinajstić information content (AvgIpc) is 2.86. The summed E-state index contributed by atoms with van der Waals surface area (Å²) in [5.74, 6) is 0.651. The second kappa shape index (κ2) is 13.0. The third-order valence-electron chi connectivity index (χ3n) is 6.17. The van der Waals surface area contributed by atoms with E-state index in [1.165, 1.54) is 0 Å². The van der Waals surface area contributed by atoms with Gasteiger partial charge in [-0.2, -0.15) is 0 Å². The Balaban J connectivity index is 1.85. The van der Waals surface area contributed by atoms with E-state index in [0.717, 1.165) is 27.6 Å². The molecule has 0 unspecified atom stereocenters. The van der Waals surface area contributed by atoms with Gasteiger partial charge in [-0.05, 0) is 82.0 Å². The minimum Gasteiger partial charge on any atom is -0.488 e. The van der Waals surface area contributed by atoms with Gasteiger partial charge in [0.15, 0.2) is 6.29 Å². The minimum atomic E-state index is -0.712. The first-order valence-electron chi connectivity index (χ1n) is 13.2. The summed E-state index contributed by atoms with van der Waals surface area (Å²) in [7, 11) is 0. The SMILES string of the molecule is CCOC(OCC)[C@H](C)N(Cc1cccc2ccccc12)C(=O)[C@@H](N)Cc1ccc(OC(C)(C)C)cc1. The first-order chi connectivity index (χ1) is 17.6. The number of carbonyl (C=O) groups excluding carboxylic acids is 1. The Morgan fingerprint density at radius 3 is 2.16 bits per heavy atom. The molecule has 200 valence electrons. The van der Waals surface area contributed by atoms with E-state index < -0.39 is 12.3 Å². The molecule has 6 nitrogen and oxygen atoms in total. The van der Waals surface area contributed by atoms with E-state index in [0.29, 0.717) is 26.2 Å². The van der Waals surface area contributed by atoms with Crippen LogP contribution in [0.2, 0.25) is 0 Å². The monoisotopic (exact) mass is 506 g/mol. The van der Waals surface area contributed by atoms with Crippen LogP contribution in [0.25, 0.3) is 10.8 Å². The van der Waals surface area contributed by atoms with Crippen molar-refractivity contribution in [1.29, 1.82) is 0 Å². The number of hydrogen-bond acceptors (Lipinski definition) is 5. The topological polar surface area (TPSA) is 74.0 Å².